The maximum Gasteiger partial charge on any atom is 0.229 e. The largest absolute Gasteiger partial charge is 0.354 e. The summed E-state index contributed by atoms with van der Waals surface area (Å²) in [6, 6.07) is 11.0. The van der Waals surface area contributed by atoms with E-state index in [9.17, 15) is 8.42 Å². The molecule has 4 rings (SSSR count). The van der Waals surface area contributed by atoms with Gasteiger partial charge in [0.25, 0.3) is 0 Å². The molecule has 0 atom stereocenters. The van der Waals surface area contributed by atoms with Crippen LogP contribution in [0.4, 0.5) is 23.1 Å². The minimum Gasteiger partial charge on any atom is -0.354 e. The maximum atomic E-state index is 11.4. The predicted molar refractivity (Wildman–Crippen MR) is 127 cm³/mol. The lowest BCUT2D eigenvalue weighted by molar-refractivity contribution is 0.312. The van der Waals surface area contributed by atoms with E-state index < -0.39 is 10.0 Å². The maximum absolute atomic E-state index is 11.4. The topological polar surface area (TPSA) is 119 Å². The molecule has 10 nitrogen and oxygen atoms in total. The summed E-state index contributed by atoms with van der Waals surface area (Å²) in [7, 11) is -1.19. The number of rotatable bonds is 7. The minimum atomic E-state index is -3.31. The van der Waals surface area contributed by atoms with Crippen LogP contribution in [0.15, 0.2) is 46.5 Å². The van der Waals surface area contributed by atoms with Gasteiger partial charge in [-0.1, -0.05) is 0 Å². The van der Waals surface area contributed by atoms with Crippen LogP contribution < -0.4 is 14.9 Å². The summed E-state index contributed by atoms with van der Waals surface area (Å²) in [6.07, 6.45) is 1.13. The SMILES string of the molecule is Cc1cc(Nc2cc(N3CCN(C)CC3)nc(Sc3ccc(NS(C)(=O)=O)cc3)n2)[nH]n1. The first-order chi connectivity index (χ1) is 15.2. The number of anilines is 4. The van der Waals surface area contributed by atoms with Crippen molar-refractivity contribution in [2.24, 2.45) is 0 Å². The molecular formula is C20H26N8O2S2. The van der Waals surface area contributed by atoms with E-state index >= 15 is 0 Å². The van der Waals surface area contributed by atoms with E-state index in [4.69, 9.17) is 4.98 Å². The number of sulfonamides is 1. The molecule has 0 spiro atoms. The number of aryl methyl sites for hydroxylation is 1. The number of aromatic amines is 1. The van der Waals surface area contributed by atoms with Gasteiger partial charge in [0.2, 0.25) is 10.0 Å². The van der Waals surface area contributed by atoms with Crippen molar-refractivity contribution in [1.29, 1.82) is 0 Å². The Morgan fingerprint density at radius 2 is 1.78 bits per heavy atom. The first-order valence-electron chi connectivity index (χ1n) is 10.1. The van der Waals surface area contributed by atoms with Crippen molar-refractivity contribution in [2.75, 3.05) is 54.4 Å². The van der Waals surface area contributed by atoms with Crippen LogP contribution in [0.1, 0.15) is 5.69 Å². The van der Waals surface area contributed by atoms with Crippen molar-refractivity contribution in [3.8, 4) is 0 Å². The van der Waals surface area contributed by atoms with Crippen molar-refractivity contribution >= 4 is 44.9 Å². The first kappa shape index (κ1) is 22.4. The van der Waals surface area contributed by atoms with Crippen LogP contribution >= 0.6 is 11.8 Å². The summed E-state index contributed by atoms with van der Waals surface area (Å²) >= 11 is 1.42. The second-order valence-corrected chi connectivity index (χ2v) is 10.5. The van der Waals surface area contributed by atoms with E-state index in [-0.39, 0.29) is 0 Å². The third-order valence-electron chi connectivity index (χ3n) is 4.85. The van der Waals surface area contributed by atoms with Crippen LogP contribution in [-0.4, -0.2) is 73.0 Å². The molecule has 0 unspecified atom stereocenters. The Kier molecular flexibility index (Phi) is 6.53. The summed E-state index contributed by atoms with van der Waals surface area (Å²) in [5.74, 6) is 2.30. The Labute approximate surface area is 191 Å². The molecule has 0 aliphatic carbocycles. The number of hydrogen-bond donors (Lipinski definition) is 3. The van der Waals surface area contributed by atoms with E-state index in [2.05, 4.69) is 42.1 Å². The predicted octanol–water partition coefficient (Wildman–Crippen LogP) is 2.53. The Bertz CT molecular complexity index is 1170. The quantitative estimate of drug-likeness (QED) is 0.444. The molecule has 1 aliphatic heterocycles. The van der Waals surface area contributed by atoms with Gasteiger partial charge in [-0.25, -0.2) is 18.4 Å². The van der Waals surface area contributed by atoms with Crippen molar-refractivity contribution < 1.29 is 8.42 Å². The Morgan fingerprint density at radius 3 is 2.41 bits per heavy atom. The van der Waals surface area contributed by atoms with Gasteiger partial charge < -0.3 is 15.1 Å². The molecule has 0 amide bonds. The van der Waals surface area contributed by atoms with Crippen molar-refractivity contribution in [2.45, 2.75) is 17.0 Å². The number of piperazine rings is 1. The number of aromatic nitrogens is 4. The van der Waals surface area contributed by atoms with E-state index in [1.54, 1.807) is 12.1 Å². The fourth-order valence-electron chi connectivity index (χ4n) is 3.25. The van der Waals surface area contributed by atoms with Gasteiger partial charge in [-0.15, -0.1) is 0 Å². The number of nitrogens with one attached hydrogen (secondary N) is 3. The lowest BCUT2D eigenvalue weighted by Crippen LogP contribution is -2.44. The molecule has 1 aromatic carbocycles. The van der Waals surface area contributed by atoms with Gasteiger partial charge >= 0.3 is 0 Å². The summed E-state index contributed by atoms with van der Waals surface area (Å²) in [6.45, 7) is 5.66. The van der Waals surface area contributed by atoms with Gasteiger partial charge in [-0.3, -0.25) is 9.82 Å². The average Bonchev–Trinajstić information content (AvgIpc) is 3.13. The third kappa shape index (κ3) is 6.11. The zero-order chi connectivity index (χ0) is 22.7. The second kappa shape index (κ2) is 9.35. The Morgan fingerprint density at radius 1 is 1.06 bits per heavy atom. The number of nitrogens with zero attached hydrogens (tertiary/aromatic N) is 5. The van der Waals surface area contributed by atoms with Gasteiger partial charge in [-0.05, 0) is 50.0 Å². The molecule has 1 fully saturated rings. The van der Waals surface area contributed by atoms with E-state index in [0.29, 0.717) is 16.7 Å². The molecule has 2 aromatic heterocycles. The zero-order valence-corrected chi connectivity index (χ0v) is 19.8. The first-order valence-corrected chi connectivity index (χ1v) is 12.8. The molecule has 3 aromatic rings. The van der Waals surface area contributed by atoms with Crippen LogP contribution in [-0.2, 0) is 10.0 Å². The van der Waals surface area contributed by atoms with Gasteiger partial charge in [0, 0.05) is 48.9 Å². The average molecular weight is 475 g/mol. The Balaban J connectivity index is 1.58. The normalized spacial score (nSPS) is 15.0. The molecule has 12 heteroatoms. The number of likely N-dealkylation sites (N-methyl/N-ethyl adjacent to an activating group) is 1. The number of hydrogen-bond acceptors (Lipinski definition) is 9. The van der Waals surface area contributed by atoms with Gasteiger partial charge in [0.15, 0.2) is 5.16 Å². The highest BCUT2D eigenvalue weighted by Gasteiger charge is 2.18. The lowest BCUT2D eigenvalue weighted by Gasteiger charge is -2.33. The van der Waals surface area contributed by atoms with Crippen molar-refractivity contribution in [3.05, 3.63) is 42.1 Å². The zero-order valence-electron chi connectivity index (χ0n) is 18.2. The molecular weight excluding hydrogens is 448 g/mol. The Hall–Kier alpha value is -2.83. The standard InChI is InChI=1S/C20H26N8O2S2/c1-14-12-18(25-24-14)21-17-13-19(28-10-8-27(2)9-11-28)23-20(22-17)31-16-6-4-15(5-7-16)26-32(3,29)30/h4-7,12-13,26H,8-11H2,1-3H3,(H2,21,22,23,24,25). The number of benzene rings is 1. The van der Waals surface area contributed by atoms with Crippen LogP contribution in [0.2, 0.25) is 0 Å². The third-order valence-corrected chi connectivity index (χ3v) is 6.33. The second-order valence-electron chi connectivity index (χ2n) is 7.73. The van der Waals surface area contributed by atoms with Crippen molar-refractivity contribution in [1.82, 2.24) is 25.1 Å². The van der Waals surface area contributed by atoms with Gasteiger partial charge in [0.1, 0.15) is 17.5 Å². The molecule has 0 bridgehead atoms. The fraction of sp³-hybridized carbons (Fsp3) is 0.350. The summed E-state index contributed by atoms with van der Waals surface area (Å²) in [5, 5.41) is 11.0. The monoisotopic (exact) mass is 474 g/mol. The molecule has 3 N–H and O–H groups in total. The molecule has 0 radical (unpaired) electrons. The van der Waals surface area contributed by atoms with E-state index in [1.807, 2.05) is 31.2 Å². The summed E-state index contributed by atoms with van der Waals surface area (Å²) < 4.78 is 25.3. The van der Waals surface area contributed by atoms with Crippen LogP contribution in [0, 0.1) is 6.92 Å². The summed E-state index contributed by atoms with van der Waals surface area (Å²) in [5.41, 5.74) is 1.40. The highest BCUT2D eigenvalue weighted by Crippen LogP contribution is 2.30. The summed E-state index contributed by atoms with van der Waals surface area (Å²) in [4.78, 5) is 14.9. The van der Waals surface area contributed by atoms with Crippen LogP contribution in [0.3, 0.4) is 0 Å². The highest BCUT2D eigenvalue weighted by molar-refractivity contribution is 7.99. The smallest absolute Gasteiger partial charge is 0.229 e. The van der Waals surface area contributed by atoms with Gasteiger partial charge in [-0.2, -0.15) is 5.10 Å². The highest BCUT2D eigenvalue weighted by atomic mass is 32.2. The lowest BCUT2D eigenvalue weighted by atomic mass is 10.3. The molecule has 0 saturated carbocycles. The molecule has 170 valence electrons. The van der Waals surface area contributed by atoms with Crippen LogP contribution in [0.5, 0.6) is 0 Å². The molecule has 32 heavy (non-hydrogen) atoms. The van der Waals surface area contributed by atoms with Crippen molar-refractivity contribution in [3.63, 3.8) is 0 Å². The van der Waals surface area contributed by atoms with Crippen LogP contribution in [0.25, 0.3) is 0 Å². The molecule has 3 heterocycles. The van der Waals surface area contributed by atoms with E-state index in [1.165, 1.54) is 11.8 Å². The molecule has 1 aliphatic rings. The van der Waals surface area contributed by atoms with E-state index in [0.717, 1.165) is 54.7 Å². The number of H-pyrrole nitrogens is 1. The fourth-order valence-corrected chi connectivity index (χ4v) is 4.58. The minimum absolute atomic E-state index is 0.515. The molecule has 1 saturated heterocycles. The van der Waals surface area contributed by atoms with Gasteiger partial charge in [0.05, 0.1) is 11.9 Å².